The molecule has 36 heavy (non-hydrogen) atoms. The molecular formula is C30H29NO5. The highest BCUT2D eigenvalue weighted by Crippen LogP contribution is 2.43. The molecule has 0 saturated carbocycles. The van der Waals surface area contributed by atoms with E-state index in [1.165, 1.54) is 18.1 Å². The fourth-order valence-corrected chi connectivity index (χ4v) is 4.44. The number of Topliss-reactive ketones (excluding diaryl/α,β-unsaturated/α-hetero) is 1. The first kappa shape index (κ1) is 24.9. The van der Waals surface area contributed by atoms with E-state index in [1.54, 1.807) is 30.3 Å². The van der Waals surface area contributed by atoms with Crippen LogP contribution in [0.1, 0.15) is 59.4 Å². The van der Waals surface area contributed by atoms with Crippen molar-refractivity contribution in [1.82, 2.24) is 0 Å². The van der Waals surface area contributed by atoms with Crippen molar-refractivity contribution in [2.75, 3.05) is 12.0 Å². The van der Waals surface area contributed by atoms with Crippen LogP contribution in [0.3, 0.4) is 0 Å². The summed E-state index contributed by atoms with van der Waals surface area (Å²) in [7, 11) is 1.28. The third-order valence-corrected chi connectivity index (χ3v) is 6.46. The molecule has 3 aromatic rings. The summed E-state index contributed by atoms with van der Waals surface area (Å²) in [4.78, 5) is 40.3. The van der Waals surface area contributed by atoms with Gasteiger partial charge in [-0.1, -0.05) is 69.3 Å². The van der Waals surface area contributed by atoms with Gasteiger partial charge in [-0.05, 0) is 53.3 Å². The Morgan fingerprint density at radius 1 is 0.944 bits per heavy atom. The van der Waals surface area contributed by atoms with Gasteiger partial charge in [-0.3, -0.25) is 14.5 Å². The summed E-state index contributed by atoms with van der Waals surface area (Å²) in [6, 6.07) is 20.3. The molecule has 1 aliphatic heterocycles. The van der Waals surface area contributed by atoms with Crippen molar-refractivity contribution >= 4 is 29.1 Å². The van der Waals surface area contributed by atoms with Crippen LogP contribution in [0.25, 0.3) is 5.76 Å². The molecule has 0 spiro atoms. The Morgan fingerprint density at radius 2 is 1.64 bits per heavy atom. The third kappa shape index (κ3) is 4.42. The van der Waals surface area contributed by atoms with Crippen molar-refractivity contribution in [2.24, 2.45) is 0 Å². The molecule has 1 amide bonds. The second-order valence-corrected chi connectivity index (χ2v) is 9.90. The molecule has 1 aliphatic rings. The Bertz CT molecular complexity index is 1380. The molecule has 1 saturated heterocycles. The number of benzene rings is 3. The topological polar surface area (TPSA) is 83.9 Å². The fraction of sp³-hybridized carbons (Fsp3) is 0.233. The molecule has 6 nitrogen and oxygen atoms in total. The molecule has 0 aliphatic carbocycles. The first-order valence-corrected chi connectivity index (χ1v) is 11.7. The largest absolute Gasteiger partial charge is 0.507 e. The van der Waals surface area contributed by atoms with Crippen LogP contribution in [-0.2, 0) is 19.7 Å². The van der Waals surface area contributed by atoms with Crippen LogP contribution in [0.15, 0.2) is 78.4 Å². The molecule has 0 aromatic heterocycles. The highest BCUT2D eigenvalue weighted by Gasteiger charge is 2.47. The zero-order valence-electron chi connectivity index (χ0n) is 21.0. The lowest BCUT2D eigenvalue weighted by atomic mass is 9.84. The zero-order valence-corrected chi connectivity index (χ0v) is 21.0. The number of hydrogen-bond acceptors (Lipinski definition) is 5. The van der Waals surface area contributed by atoms with Gasteiger partial charge in [0.1, 0.15) is 5.76 Å². The second-order valence-electron chi connectivity index (χ2n) is 9.90. The first-order valence-electron chi connectivity index (χ1n) is 11.7. The maximum absolute atomic E-state index is 13.5. The molecular weight excluding hydrogens is 454 g/mol. The number of anilines is 1. The molecule has 1 fully saturated rings. The van der Waals surface area contributed by atoms with Crippen molar-refractivity contribution in [1.29, 1.82) is 0 Å². The summed E-state index contributed by atoms with van der Waals surface area (Å²) >= 11 is 0. The molecule has 1 atom stereocenters. The molecule has 184 valence electrons. The summed E-state index contributed by atoms with van der Waals surface area (Å²) < 4.78 is 4.82. The lowest BCUT2D eigenvalue weighted by molar-refractivity contribution is -0.132. The van der Waals surface area contributed by atoms with Crippen LogP contribution < -0.4 is 4.90 Å². The monoisotopic (exact) mass is 483 g/mol. The van der Waals surface area contributed by atoms with E-state index in [4.69, 9.17) is 4.74 Å². The van der Waals surface area contributed by atoms with E-state index in [9.17, 15) is 19.5 Å². The molecule has 1 heterocycles. The summed E-state index contributed by atoms with van der Waals surface area (Å²) in [6.45, 7) is 8.06. The van der Waals surface area contributed by atoms with E-state index in [1.807, 2.05) is 43.3 Å². The summed E-state index contributed by atoms with van der Waals surface area (Å²) in [6.07, 6.45) is 0. The van der Waals surface area contributed by atoms with Crippen molar-refractivity contribution in [3.8, 4) is 0 Å². The van der Waals surface area contributed by atoms with E-state index >= 15 is 0 Å². The van der Waals surface area contributed by atoms with Crippen molar-refractivity contribution in [3.05, 3.63) is 106 Å². The minimum atomic E-state index is -0.878. The van der Waals surface area contributed by atoms with Crippen LogP contribution in [0.5, 0.6) is 0 Å². The van der Waals surface area contributed by atoms with Gasteiger partial charge >= 0.3 is 5.97 Å². The van der Waals surface area contributed by atoms with E-state index in [0.29, 0.717) is 16.8 Å². The normalized spacial score (nSPS) is 17.4. The highest BCUT2D eigenvalue weighted by atomic mass is 16.5. The van der Waals surface area contributed by atoms with Gasteiger partial charge in [0.05, 0.1) is 24.3 Å². The fourth-order valence-electron chi connectivity index (χ4n) is 4.44. The zero-order chi connectivity index (χ0) is 26.2. The number of hydrogen-bond donors (Lipinski definition) is 1. The lowest BCUT2D eigenvalue weighted by Crippen LogP contribution is -2.29. The molecule has 1 unspecified atom stereocenters. The van der Waals surface area contributed by atoms with Crippen LogP contribution in [-0.4, -0.2) is 29.9 Å². The van der Waals surface area contributed by atoms with Crippen molar-refractivity contribution in [2.45, 2.75) is 39.2 Å². The van der Waals surface area contributed by atoms with E-state index < -0.39 is 23.7 Å². The van der Waals surface area contributed by atoms with Crippen LogP contribution in [0.4, 0.5) is 5.69 Å². The van der Waals surface area contributed by atoms with Gasteiger partial charge in [-0.25, -0.2) is 4.79 Å². The van der Waals surface area contributed by atoms with E-state index in [0.717, 1.165) is 11.1 Å². The average Bonchev–Trinajstić information content (AvgIpc) is 3.13. The van der Waals surface area contributed by atoms with Gasteiger partial charge in [0.15, 0.2) is 0 Å². The second kappa shape index (κ2) is 9.46. The van der Waals surface area contributed by atoms with Gasteiger partial charge in [0.25, 0.3) is 11.7 Å². The Morgan fingerprint density at radius 3 is 2.28 bits per heavy atom. The van der Waals surface area contributed by atoms with Gasteiger partial charge in [-0.15, -0.1) is 0 Å². The summed E-state index contributed by atoms with van der Waals surface area (Å²) in [5.74, 6) is -2.35. The smallest absolute Gasteiger partial charge is 0.337 e. The number of amides is 1. The number of ketones is 1. The minimum absolute atomic E-state index is 0.00355. The predicted molar refractivity (Wildman–Crippen MR) is 139 cm³/mol. The Labute approximate surface area is 210 Å². The third-order valence-electron chi connectivity index (χ3n) is 6.46. The maximum atomic E-state index is 13.5. The number of aliphatic hydroxyl groups is 1. The number of aryl methyl sites for hydroxylation is 1. The van der Waals surface area contributed by atoms with E-state index in [-0.39, 0.29) is 22.3 Å². The first-order chi connectivity index (χ1) is 17.0. The van der Waals surface area contributed by atoms with Gasteiger partial charge < -0.3 is 9.84 Å². The number of methoxy groups -OCH3 is 1. The van der Waals surface area contributed by atoms with Crippen LogP contribution >= 0.6 is 0 Å². The standard InChI is InChI=1S/C30H29NO5/c1-18-14-15-21(30(2,3)4)17-23(18)26(32)24-25(19-10-7-6-8-11-19)31(28(34)27(24)33)22-13-9-12-20(16-22)29(35)36-5/h6-17,25,32H,1-5H3/b26-24+. The molecule has 3 aromatic carbocycles. The lowest BCUT2D eigenvalue weighted by Gasteiger charge is -2.26. The van der Waals surface area contributed by atoms with Gasteiger partial charge in [0.2, 0.25) is 0 Å². The average molecular weight is 484 g/mol. The van der Waals surface area contributed by atoms with Crippen molar-refractivity contribution in [3.63, 3.8) is 0 Å². The molecule has 1 N–H and O–H groups in total. The molecule has 0 radical (unpaired) electrons. The number of nitrogens with zero attached hydrogens (tertiary/aromatic N) is 1. The Hall–Kier alpha value is -4.19. The number of ether oxygens (including phenoxy) is 1. The quantitative estimate of drug-likeness (QED) is 0.223. The minimum Gasteiger partial charge on any atom is -0.507 e. The van der Waals surface area contributed by atoms with Crippen molar-refractivity contribution < 1.29 is 24.2 Å². The number of carbonyl (C=O) groups is 3. The summed E-state index contributed by atoms with van der Waals surface area (Å²) in [5, 5.41) is 11.6. The van der Waals surface area contributed by atoms with Crippen LogP contribution in [0, 0.1) is 6.92 Å². The van der Waals surface area contributed by atoms with Gasteiger partial charge in [-0.2, -0.15) is 0 Å². The maximum Gasteiger partial charge on any atom is 0.337 e. The SMILES string of the molecule is COC(=O)c1cccc(N2C(=O)C(=O)/C(=C(/O)c3cc(C(C)(C)C)ccc3C)C2c2ccccc2)c1. The number of rotatable bonds is 4. The number of esters is 1. The van der Waals surface area contributed by atoms with Crippen LogP contribution in [0.2, 0.25) is 0 Å². The summed E-state index contributed by atoms with van der Waals surface area (Å²) in [5.41, 5.74) is 3.37. The Balaban J connectivity index is 1.96. The highest BCUT2D eigenvalue weighted by molar-refractivity contribution is 6.51. The number of carbonyl (C=O) groups excluding carboxylic acids is 3. The molecule has 0 bridgehead atoms. The molecule has 6 heteroatoms. The van der Waals surface area contributed by atoms with Gasteiger partial charge in [0, 0.05) is 11.3 Å². The predicted octanol–water partition coefficient (Wildman–Crippen LogP) is 5.71. The molecule has 4 rings (SSSR count). The van der Waals surface area contributed by atoms with E-state index in [2.05, 4.69) is 20.8 Å². The number of aliphatic hydroxyl groups excluding tert-OH is 1. The Kier molecular flexibility index (Phi) is 6.55.